The van der Waals surface area contributed by atoms with Gasteiger partial charge >= 0.3 is 0 Å². The van der Waals surface area contributed by atoms with Crippen LogP contribution in [0, 0.1) is 0 Å². The molecule has 3 heteroatoms. The summed E-state index contributed by atoms with van der Waals surface area (Å²) in [5.41, 5.74) is 8.74. The van der Waals surface area contributed by atoms with Crippen LogP contribution in [0.25, 0.3) is 0 Å². The van der Waals surface area contributed by atoms with Crippen molar-refractivity contribution in [1.82, 2.24) is 0 Å². The molecule has 2 N–H and O–H groups in total. The van der Waals surface area contributed by atoms with Crippen molar-refractivity contribution in [3.05, 3.63) is 22.7 Å². The molecule has 0 aliphatic carbocycles. The number of benzene rings is 1. The van der Waals surface area contributed by atoms with Crippen LogP contribution in [-0.4, -0.2) is 14.1 Å². The summed E-state index contributed by atoms with van der Waals surface area (Å²) < 4.78 is 0. The number of nitrogen functional groups attached to an aromatic ring is 1. The van der Waals surface area contributed by atoms with Crippen molar-refractivity contribution in [2.24, 2.45) is 0 Å². The lowest BCUT2D eigenvalue weighted by Crippen LogP contribution is -2.10. The standard InChI is InChI=1S/C10H15ClN2/c1-4-7-5-8(11)10(13(2)3)6-9(7)12/h5-6H,4,12H2,1-3H3. The molecule has 1 aromatic rings. The van der Waals surface area contributed by atoms with Gasteiger partial charge in [-0.25, -0.2) is 0 Å². The summed E-state index contributed by atoms with van der Waals surface area (Å²) in [7, 11) is 3.90. The fourth-order valence-electron chi connectivity index (χ4n) is 1.27. The molecule has 0 saturated carbocycles. The van der Waals surface area contributed by atoms with Gasteiger partial charge in [-0.3, -0.25) is 0 Å². The van der Waals surface area contributed by atoms with E-state index in [0.717, 1.165) is 28.4 Å². The first kappa shape index (κ1) is 10.2. The van der Waals surface area contributed by atoms with Crippen molar-refractivity contribution in [3.8, 4) is 0 Å². The highest BCUT2D eigenvalue weighted by Gasteiger charge is 2.06. The zero-order chi connectivity index (χ0) is 10.0. The topological polar surface area (TPSA) is 29.3 Å². The molecular weight excluding hydrogens is 184 g/mol. The van der Waals surface area contributed by atoms with E-state index in [2.05, 4.69) is 6.92 Å². The molecule has 0 fully saturated rings. The summed E-state index contributed by atoms with van der Waals surface area (Å²) in [6.07, 6.45) is 0.916. The van der Waals surface area contributed by atoms with E-state index in [9.17, 15) is 0 Å². The molecule has 13 heavy (non-hydrogen) atoms. The first-order valence-corrected chi connectivity index (χ1v) is 4.69. The minimum absolute atomic E-state index is 0.760. The molecule has 1 rings (SSSR count). The zero-order valence-corrected chi connectivity index (χ0v) is 9.02. The van der Waals surface area contributed by atoms with E-state index >= 15 is 0 Å². The number of nitrogens with two attached hydrogens (primary N) is 1. The lowest BCUT2D eigenvalue weighted by molar-refractivity contribution is 1.11. The van der Waals surface area contributed by atoms with Gasteiger partial charge in [0.1, 0.15) is 0 Å². The van der Waals surface area contributed by atoms with Gasteiger partial charge < -0.3 is 10.6 Å². The van der Waals surface area contributed by atoms with Gasteiger partial charge in [0.15, 0.2) is 0 Å². The maximum atomic E-state index is 6.08. The van der Waals surface area contributed by atoms with Gasteiger partial charge in [-0.15, -0.1) is 0 Å². The van der Waals surface area contributed by atoms with Crippen molar-refractivity contribution in [2.45, 2.75) is 13.3 Å². The molecule has 0 spiro atoms. The second-order valence-electron chi connectivity index (χ2n) is 3.25. The Morgan fingerprint density at radius 1 is 1.38 bits per heavy atom. The fourth-order valence-corrected chi connectivity index (χ4v) is 1.62. The first-order valence-electron chi connectivity index (χ1n) is 4.31. The second kappa shape index (κ2) is 3.88. The van der Waals surface area contributed by atoms with Gasteiger partial charge in [0.05, 0.1) is 10.7 Å². The third-order valence-electron chi connectivity index (χ3n) is 2.07. The average molecular weight is 199 g/mol. The monoisotopic (exact) mass is 198 g/mol. The van der Waals surface area contributed by atoms with Crippen LogP contribution in [0.5, 0.6) is 0 Å². The van der Waals surface area contributed by atoms with Crippen LogP contribution in [-0.2, 0) is 6.42 Å². The van der Waals surface area contributed by atoms with Crippen molar-refractivity contribution in [1.29, 1.82) is 0 Å². The molecule has 0 aromatic heterocycles. The minimum atomic E-state index is 0.760. The lowest BCUT2D eigenvalue weighted by atomic mass is 10.1. The molecule has 0 unspecified atom stereocenters. The van der Waals surface area contributed by atoms with Crippen molar-refractivity contribution >= 4 is 23.0 Å². The molecule has 0 amide bonds. The molecule has 72 valence electrons. The summed E-state index contributed by atoms with van der Waals surface area (Å²) in [4.78, 5) is 1.96. The number of hydrogen-bond donors (Lipinski definition) is 1. The van der Waals surface area contributed by atoms with E-state index in [4.69, 9.17) is 17.3 Å². The van der Waals surface area contributed by atoms with Crippen LogP contribution in [0.4, 0.5) is 11.4 Å². The number of hydrogen-bond acceptors (Lipinski definition) is 2. The molecule has 0 heterocycles. The Morgan fingerprint density at radius 3 is 2.46 bits per heavy atom. The maximum absolute atomic E-state index is 6.08. The predicted molar refractivity (Wildman–Crippen MR) is 59.6 cm³/mol. The summed E-state index contributed by atoms with van der Waals surface area (Å²) in [6.45, 7) is 2.07. The van der Waals surface area contributed by atoms with Crippen LogP contribution < -0.4 is 10.6 Å². The number of nitrogens with zero attached hydrogens (tertiary/aromatic N) is 1. The lowest BCUT2D eigenvalue weighted by Gasteiger charge is -2.16. The van der Waals surface area contributed by atoms with Gasteiger partial charge in [0.25, 0.3) is 0 Å². The highest BCUT2D eigenvalue weighted by Crippen LogP contribution is 2.29. The van der Waals surface area contributed by atoms with Gasteiger partial charge in [-0.1, -0.05) is 18.5 Å². The van der Waals surface area contributed by atoms with E-state index < -0.39 is 0 Å². The summed E-state index contributed by atoms with van der Waals surface area (Å²) in [5, 5.41) is 0.760. The van der Waals surface area contributed by atoms with Crippen LogP contribution in [0.3, 0.4) is 0 Å². The quantitative estimate of drug-likeness (QED) is 0.741. The molecule has 0 radical (unpaired) electrons. The van der Waals surface area contributed by atoms with Crippen LogP contribution in [0.2, 0.25) is 5.02 Å². The summed E-state index contributed by atoms with van der Waals surface area (Å²) >= 11 is 6.08. The van der Waals surface area contributed by atoms with E-state index in [1.54, 1.807) is 0 Å². The van der Waals surface area contributed by atoms with Crippen molar-refractivity contribution in [3.63, 3.8) is 0 Å². The first-order chi connectivity index (χ1) is 6.06. The third-order valence-corrected chi connectivity index (χ3v) is 2.37. The molecule has 0 bridgehead atoms. The van der Waals surface area contributed by atoms with E-state index in [-0.39, 0.29) is 0 Å². The zero-order valence-electron chi connectivity index (χ0n) is 8.26. The van der Waals surface area contributed by atoms with Crippen LogP contribution >= 0.6 is 11.6 Å². The Kier molecular flexibility index (Phi) is 3.04. The highest BCUT2D eigenvalue weighted by molar-refractivity contribution is 6.33. The van der Waals surface area contributed by atoms with E-state index in [1.165, 1.54) is 0 Å². The fraction of sp³-hybridized carbons (Fsp3) is 0.400. The Hall–Kier alpha value is -0.890. The number of rotatable bonds is 2. The van der Waals surface area contributed by atoms with Crippen molar-refractivity contribution in [2.75, 3.05) is 24.7 Å². The van der Waals surface area contributed by atoms with E-state index in [1.807, 2.05) is 31.1 Å². The minimum Gasteiger partial charge on any atom is -0.398 e. The second-order valence-corrected chi connectivity index (χ2v) is 3.66. The normalized spacial score (nSPS) is 10.2. The van der Waals surface area contributed by atoms with Gasteiger partial charge in [-0.05, 0) is 24.1 Å². The molecular formula is C10H15ClN2. The largest absolute Gasteiger partial charge is 0.398 e. The van der Waals surface area contributed by atoms with Crippen molar-refractivity contribution < 1.29 is 0 Å². The molecule has 0 atom stereocenters. The average Bonchev–Trinajstić information content (AvgIpc) is 2.07. The highest BCUT2D eigenvalue weighted by atomic mass is 35.5. The molecule has 1 aromatic carbocycles. The predicted octanol–water partition coefficient (Wildman–Crippen LogP) is 2.55. The Balaban J connectivity index is 3.20. The Labute approximate surface area is 84.3 Å². The van der Waals surface area contributed by atoms with Gasteiger partial charge in [0.2, 0.25) is 0 Å². The number of halogens is 1. The summed E-state index contributed by atoms with van der Waals surface area (Å²) in [5.74, 6) is 0. The van der Waals surface area contributed by atoms with E-state index in [0.29, 0.717) is 0 Å². The smallest absolute Gasteiger partial charge is 0.0643 e. The summed E-state index contributed by atoms with van der Waals surface area (Å²) in [6, 6.07) is 3.85. The molecule has 0 aliphatic rings. The molecule has 2 nitrogen and oxygen atoms in total. The van der Waals surface area contributed by atoms with Gasteiger partial charge in [0, 0.05) is 19.8 Å². The number of aryl methyl sites for hydroxylation is 1. The maximum Gasteiger partial charge on any atom is 0.0643 e. The Bertz CT molecular complexity index is 308. The molecule has 0 aliphatic heterocycles. The number of anilines is 2. The third kappa shape index (κ3) is 2.07. The van der Waals surface area contributed by atoms with Crippen LogP contribution in [0.15, 0.2) is 12.1 Å². The van der Waals surface area contributed by atoms with Crippen LogP contribution in [0.1, 0.15) is 12.5 Å². The SMILES string of the molecule is CCc1cc(Cl)c(N(C)C)cc1N. The Morgan fingerprint density at radius 2 is 2.00 bits per heavy atom. The molecule has 0 saturated heterocycles. The van der Waals surface area contributed by atoms with Gasteiger partial charge in [-0.2, -0.15) is 0 Å².